The number of methoxy groups -OCH3 is 1. The molecule has 0 atom stereocenters. The first-order chi connectivity index (χ1) is 14.4. The van der Waals surface area contributed by atoms with Gasteiger partial charge in [0.05, 0.1) is 47.7 Å². The van der Waals surface area contributed by atoms with Crippen molar-refractivity contribution in [2.75, 3.05) is 7.11 Å². The number of allylic oxidation sites excluding steroid dienone is 2. The van der Waals surface area contributed by atoms with Crippen LogP contribution < -0.4 is 4.74 Å². The Morgan fingerprint density at radius 3 is 2.67 bits per heavy atom. The van der Waals surface area contributed by atoms with Crippen molar-refractivity contribution in [1.82, 2.24) is 19.7 Å². The number of nitrogens with one attached hydrogen (secondary N) is 1. The van der Waals surface area contributed by atoms with Gasteiger partial charge < -0.3 is 15.3 Å². The Morgan fingerprint density at radius 2 is 2.03 bits per heavy atom. The second-order valence-corrected chi connectivity index (χ2v) is 7.30. The molecule has 0 amide bonds. The summed E-state index contributed by atoms with van der Waals surface area (Å²) in [6.45, 7) is 3.64. The van der Waals surface area contributed by atoms with Crippen LogP contribution in [0.5, 0.6) is 5.75 Å². The van der Waals surface area contributed by atoms with E-state index in [1.54, 1.807) is 39.4 Å². The van der Waals surface area contributed by atoms with Crippen LogP contribution in [0.1, 0.15) is 25.1 Å². The van der Waals surface area contributed by atoms with Crippen molar-refractivity contribution in [3.63, 3.8) is 0 Å². The van der Waals surface area contributed by atoms with Crippen LogP contribution >= 0.6 is 11.6 Å². The minimum Gasteiger partial charge on any atom is -0.512 e. The fourth-order valence-electron chi connectivity index (χ4n) is 3.63. The van der Waals surface area contributed by atoms with Gasteiger partial charge in [0.1, 0.15) is 10.9 Å². The summed E-state index contributed by atoms with van der Waals surface area (Å²) < 4.78 is 7.44. The van der Waals surface area contributed by atoms with Gasteiger partial charge in [-0.15, -0.1) is 0 Å². The number of aliphatic hydroxyl groups is 1. The predicted octanol–water partition coefficient (Wildman–Crippen LogP) is 5.02. The minimum absolute atomic E-state index is 0.0347. The zero-order valence-corrected chi connectivity index (χ0v) is 17.5. The Bertz CT molecular complexity index is 1310. The molecule has 2 N–H and O–H groups in total. The molecule has 0 spiro atoms. The summed E-state index contributed by atoms with van der Waals surface area (Å²) in [5.41, 5.74) is 3.50. The molecule has 0 aliphatic rings. The molecule has 0 fully saturated rings. The lowest BCUT2D eigenvalue weighted by Gasteiger charge is -2.15. The maximum Gasteiger partial charge on any atom is 0.140 e. The number of fused-ring (bicyclic) bond motifs is 3. The van der Waals surface area contributed by atoms with Crippen molar-refractivity contribution in [2.24, 2.45) is 0 Å². The van der Waals surface area contributed by atoms with E-state index in [4.69, 9.17) is 21.7 Å². The number of pyridine rings is 2. The second kappa shape index (κ2) is 7.76. The fraction of sp³-hybridized carbons (Fsp3) is 0.182. The van der Waals surface area contributed by atoms with E-state index in [2.05, 4.69) is 15.1 Å². The maximum absolute atomic E-state index is 10.1. The molecule has 4 aromatic rings. The number of ether oxygens (including phenoxy) is 1. The quantitative estimate of drug-likeness (QED) is 0.268. The normalized spacial score (nSPS) is 12.3. The van der Waals surface area contributed by atoms with E-state index in [1.165, 1.54) is 0 Å². The third-order valence-electron chi connectivity index (χ3n) is 4.90. The molecular weight excluding hydrogens is 402 g/mol. The Morgan fingerprint density at radius 1 is 1.23 bits per heavy atom. The number of halogens is 1. The van der Waals surface area contributed by atoms with Crippen molar-refractivity contribution in [2.45, 2.75) is 20.4 Å². The van der Waals surface area contributed by atoms with Crippen LogP contribution in [0.15, 0.2) is 48.5 Å². The second-order valence-electron chi connectivity index (χ2n) is 6.94. The molecule has 0 radical (unpaired) electrons. The molecule has 0 saturated carbocycles. The summed E-state index contributed by atoms with van der Waals surface area (Å²) in [5, 5.41) is 24.6. The van der Waals surface area contributed by atoms with Gasteiger partial charge in [-0.3, -0.25) is 9.67 Å². The number of hydrogen-bond donors (Lipinski definition) is 2. The smallest absolute Gasteiger partial charge is 0.140 e. The highest BCUT2D eigenvalue weighted by Crippen LogP contribution is 2.37. The molecule has 0 saturated heterocycles. The molecule has 4 rings (SSSR count). The number of rotatable bonds is 5. The molecule has 7 nitrogen and oxygen atoms in total. The zero-order valence-electron chi connectivity index (χ0n) is 16.8. The van der Waals surface area contributed by atoms with Gasteiger partial charge in [-0.05, 0) is 38.1 Å². The molecule has 152 valence electrons. The number of aliphatic hydroxyl groups excluding tert-OH is 1. The summed E-state index contributed by atoms with van der Waals surface area (Å²) in [4.78, 5) is 8.91. The van der Waals surface area contributed by atoms with Gasteiger partial charge in [0.15, 0.2) is 0 Å². The first-order valence-corrected chi connectivity index (χ1v) is 9.67. The van der Waals surface area contributed by atoms with Crippen molar-refractivity contribution in [1.29, 1.82) is 5.41 Å². The van der Waals surface area contributed by atoms with Crippen molar-refractivity contribution in [3.8, 4) is 5.75 Å². The lowest BCUT2D eigenvalue weighted by Crippen LogP contribution is -2.05. The number of aromatic nitrogens is 4. The van der Waals surface area contributed by atoms with Crippen LogP contribution in [0, 0.1) is 5.41 Å². The van der Waals surface area contributed by atoms with Gasteiger partial charge in [-0.1, -0.05) is 17.7 Å². The minimum atomic E-state index is 0.0347. The van der Waals surface area contributed by atoms with Crippen molar-refractivity contribution >= 4 is 44.7 Å². The lowest BCUT2D eigenvalue weighted by molar-refractivity contribution is 0.409. The molecule has 8 heteroatoms. The van der Waals surface area contributed by atoms with Gasteiger partial charge >= 0.3 is 0 Å². The maximum atomic E-state index is 10.1. The van der Waals surface area contributed by atoms with Gasteiger partial charge in [0, 0.05) is 28.4 Å². The molecule has 0 aliphatic heterocycles. The van der Waals surface area contributed by atoms with Crippen LogP contribution in [0.4, 0.5) is 0 Å². The average Bonchev–Trinajstić information content (AvgIpc) is 3.12. The molecule has 30 heavy (non-hydrogen) atoms. The van der Waals surface area contributed by atoms with E-state index >= 15 is 0 Å². The summed E-state index contributed by atoms with van der Waals surface area (Å²) in [7, 11) is 1.56. The van der Waals surface area contributed by atoms with Crippen LogP contribution in [-0.4, -0.2) is 37.7 Å². The predicted molar refractivity (Wildman–Crippen MR) is 119 cm³/mol. The Balaban J connectivity index is 2.01. The molecule has 1 aromatic carbocycles. The Hall–Kier alpha value is -3.45. The van der Waals surface area contributed by atoms with Gasteiger partial charge in [0.2, 0.25) is 0 Å². The van der Waals surface area contributed by atoms with Crippen LogP contribution in [0.25, 0.3) is 27.4 Å². The van der Waals surface area contributed by atoms with Crippen LogP contribution in [0.3, 0.4) is 0 Å². The Labute approximate surface area is 178 Å². The van der Waals surface area contributed by atoms with E-state index < -0.39 is 0 Å². The molecule has 0 aliphatic carbocycles. The first-order valence-electron chi connectivity index (χ1n) is 9.29. The highest BCUT2D eigenvalue weighted by Gasteiger charge is 2.19. The van der Waals surface area contributed by atoms with E-state index in [0.717, 1.165) is 22.0 Å². The Kier molecular flexibility index (Phi) is 5.13. The van der Waals surface area contributed by atoms with E-state index in [1.807, 2.05) is 28.9 Å². The van der Waals surface area contributed by atoms with Crippen molar-refractivity contribution in [3.05, 3.63) is 64.9 Å². The SMILES string of the molecule is COc1cc2c(cc1/C(C(C)=N)=C(\C)O)nc(Cl)c1cnn(Cc3ccccn3)c12. The van der Waals surface area contributed by atoms with Gasteiger partial charge in [-0.2, -0.15) is 5.10 Å². The van der Waals surface area contributed by atoms with Gasteiger partial charge in [0.25, 0.3) is 0 Å². The largest absolute Gasteiger partial charge is 0.512 e. The standard InChI is InChI=1S/C22H20ClN5O2/c1-12(24)20(13(2)29)16-8-18-15(9-19(16)30-3)21-17(22(23)27-18)10-26-28(21)11-14-6-4-5-7-25-14/h4-10,24,29H,11H2,1-3H3/b20-13+,24-12?. The number of nitrogens with zero attached hydrogens (tertiary/aromatic N) is 4. The average molecular weight is 422 g/mol. The molecule has 3 aromatic heterocycles. The molecule has 3 heterocycles. The topological polar surface area (TPSA) is 96.9 Å². The van der Waals surface area contributed by atoms with Crippen LogP contribution in [0.2, 0.25) is 5.15 Å². The lowest BCUT2D eigenvalue weighted by atomic mass is 9.97. The summed E-state index contributed by atoms with van der Waals surface area (Å²) >= 11 is 6.47. The molecular formula is C22H20ClN5O2. The highest BCUT2D eigenvalue weighted by atomic mass is 35.5. The number of benzene rings is 1. The third-order valence-corrected chi connectivity index (χ3v) is 5.19. The number of hydrogen-bond acceptors (Lipinski definition) is 6. The highest BCUT2D eigenvalue weighted by molar-refractivity contribution is 6.35. The fourth-order valence-corrected chi connectivity index (χ4v) is 3.86. The molecule has 0 bridgehead atoms. The van der Waals surface area contributed by atoms with E-state index in [9.17, 15) is 5.11 Å². The zero-order chi connectivity index (χ0) is 21.4. The first kappa shape index (κ1) is 19.8. The molecule has 0 unspecified atom stereocenters. The van der Waals surface area contributed by atoms with E-state index in [0.29, 0.717) is 34.1 Å². The van der Waals surface area contributed by atoms with Crippen molar-refractivity contribution < 1.29 is 9.84 Å². The van der Waals surface area contributed by atoms with E-state index in [-0.39, 0.29) is 11.5 Å². The monoisotopic (exact) mass is 421 g/mol. The summed E-state index contributed by atoms with van der Waals surface area (Å²) in [6.07, 6.45) is 3.44. The summed E-state index contributed by atoms with van der Waals surface area (Å²) in [6, 6.07) is 9.36. The van der Waals surface area contributed by atoms with Gasteiger partial charge in [-0.25, -0.2) is 4.98 Å². The summed E-state index contributed by atoms with van der Waals surface area (Å²) in [5.74, 6) is 0.557. The van der Waals surface area contributed by atoms with Crippen LogP contribution in [-0.2, 0) is 6.54 Å². The third kappa shape index (κ3) is 3.37.